The molecule has 6 atom stereocenters. The Balaban J connectivity index is 1.65. The van der Waals surface area contributed by atoms with Crippen LogP contribution in [0.4, 0.5) is 0 Å². The first kappa shape index (κ1) is 20.1. The van der Waals surface area contributed by atoms with Crippen molar-refractivity contribution in [2.75, 3.05) is 13.2 Å². The number of rotatable bonds is 4. The minimum atomic E-state index is -1.66. The van der Waals surface area contributed by atoms with E-state index in [0.717, 1.165) is 0 Å². The second-order valence-corrected chi connectivity index (χ2v) is 7.68. The second-order valence-electron chi connectivity index (χ2n) is 6.69. The van der Waals surface area contributed by atoms with E-state index < -0.39 is 41.5 Å². The average Bonchev–Trinajstić information content (AvgIpc) is 2.74. The standard InChI is InChI=1S/C20H20Cl2O6/c21-19(13-7-3-1-4-8-13)25-12-16-18(28-19)17(15(24)11-23)27-20(22,26-16)14-9-5-2-6-10-14/h1-10,15-18,23-24H,11-12H2/t15-,16+,17-,18-,19?,20?/m1/s1. The van der Waals surface area contributed by atoms with Gasteiger partial charge in [0, 0.05) is 11.1 Å². The smallest absolute Gasteiger partial charge is 0.277 e. The highest BCUT2D eigenvalue weighted by Gasteiger charge is 2.56. The van der Waals surface area contributed by atoms with Crippen molar-refractivity contribution in [3.63, 3.8) is 0 Å². The molecule has 0 radical (unpaired) electrons. The third kappa shape index (κ3) is 3.67. The fraction of sp³-hybridized carbons (Fsp3) is 0.400. The van der Waals surface area contributed by atoms with Crippen LogP contribution < -0.4 is 0 Å². The van der Waals surface area contributed by atoms with Gasteiger partial charge in [-0.15, -0.1) is 0 Å². The molecule has 2 aliphatic rings. The monoisotopic (exact) mass is 426 g/mol. The normalized spacial score (nSPS) is 36.5. The molecule has 0 aromatic heterocycles. The van der Waals surface area contributed by atoms with Gasteiger partial charge in [0.05, 0.1) is 13.2 Å². The van der Waals surface area contributed by atoms with E-state index in [-0.39, 0.29) is 6.61 Å². The Morgan fingerprint density at radius 3 is 2.04 bits per heavy atom. The molecule has 0 aliphatic carbocycles. The lowest BCUT2D eigenvalue weighted by atomic mass is 9.99. The summed E-state index contributed by atoms with van der Waals surface area (Å²) in [5.41, 5.74) is 1.15. The summed E-state index contributed by atoms with van der Waals surface area (Å²) in [7, 11) is 0. The number of benzene rings is 2. The SMILES string of the molecule is OC[C@@H](O)[C@H]1OC(Cl)(c2ccccc2)O[C@H]2COC(Cl)(c3ccccc3)O[C@@H]12. The van der Waals surface area contributed by atoms with Gasteiger partial charge in [0.15, 0.2) is 0 Å². The number of ether oxygens (including phenoxy) is 4. The Kier molecular flexibility index (Phi) is 5.66. The zero-order chi connectivity index (χ0) is 19.8. The predicted octanol–water partition coefficient (Wildman–Crippen LogP) is 2.64. The van der Waals surface area contributed by atoms with Crippen LogP contribution >= 0.6 is 23.2 Å². The highest BCUT2D eigenvalue weighted by atomic mass is 35.5. The highest BCUT2D eigenvalue weighted by molar-refractivity contribution is 6.22. The van der Waals surface area contributed by atoms with Crippen LogP contribution in [0.5, 0.6) is 0 Å². The zero-order valence-corrected chi connectivity index (χ0v) is 16.3. The molecular formula is C20H20Cl2O6. The fourth-order valence-electron chi connectivity index (χ4n) is 3.38. The van der Waals surface area contributed by atoms with Gasteiger partial charge in [-0.3, -0.25) is 0 Å². The van der Waals surface area contributed by atoms with E-state index >= 15 is 0 Å². The Morgan fingerprint density at radius 2 is 1.46 bits per heavy atom. The summed E-state index contributed by atoms with van der Waals surface area (Å²) in [6.45, 7) is -0.483. The number of halogens is 2. The van der Waals surface area contributed by atoms with E-state index in [1.54, 1.807) is 36.4 Å². The van der Waals surface area contributed by atoms with Gasteiger partial charge in [0.2, 0.25) is 0 Å². The summed E-state index contributed by atoms with van der Waals surface area (Å²) >= 11 is 13.2. The van der Waals surface area contributed by atoms with Gasteiger partial charge in [-0.2, -0.15) is 0 Å². The summed E-state index contributed by atoms with van der Waals surface area (Å²) in [4.78, 5) is 0. The fourth-order valence-corrected chi connectivity index (χ4v) is 4.01. The van der Waals surface area contributed by atoms with Crippen LogP contribution in [0.3, 0.4) is 0 Å². The van der Waals surface area contributed by atoms with E-state index in [0.29, 0.717) is 11.1 Å². The minimum absolute atomic E-state index is 0.0579. The molecule has 150 valence electrons. The third-order valence-electron chi connectivity index (χ3n) is 4.81. The van der Waals surface area contributed by atoms with Crippen molar-refractivity contribution in [1.82, 2.24) is 0 Å². The summed E-state index contributed by atoms with van der Waals surface area (Å²) in [5, 5.41) is 16.7. The summed E-state index contributed by atoms with van der Waals surface area (Å²) in [5.74, 6) is 0. The van der Waals surface area contributed by atoms with Crippen molar-refractivity contribution in [3.8, 4) is 0 Å². The summed E-state index contributed by atoms with van der Waals surface area (Å²) in [6, 6.07) is 17.9. The van der Waals surface area contributed by atoms with Crippen LogP contribution in [0.15, 0.2) is 60.7 Å². The maximum Gasteiger partial charge on any atom is 0.277 e. The minimum Gasteiger partial charge on any atom is -0.394 e. The predicted molar refractivity (Wildman–Crippen MR) is 102 cm³/mol. The Labute approximate surface area is 172 Å². The maximum atomic E-state index is 10.4. The molecule has 2 unspecified atom stereocenters. The van der Waals surface area contributed by atoms with Crippen LogP contribution in [-0.2, 0) is 29.4 Å². The molecule has 2 aromatic rings. The highest BCUT2D eigenvalue weighted by Crippen LogP contribution is 2.47. The molecule has 2 aliphatic heterocycles. The van der Waals surface area contributed by atoms with E-state index in [1.165, 1.54) is 0 Å². The molecule has 4 rings (SSSR count). The molecule has 2 saturated heterocycles. The van der Waals surface area contributed by atoms with Crippen molar-refractivity contribution < 1.29 is 29.2 Å². The van der Waals surface area contributed by atoms with Gasteiger partial charge in [-0.1, -0.05) is 83.9 Å². The van der Waals surface area contributed by atoms with Crippen molar-refractivity contribution in [2.24, 2.45) is 0 Å². The number of hydrogen-bond donors (Lipinski definition) is 2. The number of alkyl halides is 2. The van der Waals surface area contributed by atoms with Gasteiger partial charge < -0.3 is 29.2 Å². The molecule has 2 N–H and O–H groups in total. The topological polar surface area (TPSA) is 77.4 Å². The molecule has 28 heavy (non-hydrogen) atoms. The van der Waals surface area contributed by atoms with E-state index in [9.17, 15) is 10.2 Å². The van der Waals surface area contributed by atoms with Crippen LogP contribution in [0.25, 0.3) is 0 Å². The number of aliphatic hydroxyl groups excluding tert-OH is 2. The molecule has 6 nitrogen and oxygen atoms in total. The first-order valence-corrected chi connectivity index (χ1v) is 9.66. The maximum absolute atomic E-state index is 10.4. The summed E-state index contributed by atoms with van der Waals surface area (Å²) in [6.07, 6.45) is -3.74. The van der Waals surface area contributed by atoms with Gasteiger partial charge in [0.25, 0.3) is 10.5 Å². The van der Waals surface area contributed by atoms with Crippen molar-refractivity contribution in [3.05, 3.63) is 71.8 Å². The summed E-state index contributed by atoms with van der Waals surface area (Å²) < 4.78 is 23.6. The van der Waals surface area contributed by atoms with E-state index in [2.05, 4.69) is 0 Å². The van der Waals surface area contributed by atoms with Gasteiger partial charge in [0.1, 0.15) is 24.4 Å². The van der Waals surface area contributed by atoms with Crippen molar-refractivity contribution in [2.45, 2.75) is 34.9 Å². The zero-order valence-electron chi connectivity index (χ0n) is 14.8. The van der Waals surface area contributed by atoms with Gasteiger partial charge >= 0.3 is 0 Å². The average molecular weight is 427 g/mol. The number of hydrogen-bond acceptors (Lipinski definition) is 6. The van der Waals surface area contributed by atoms with Gasteiger partial charge in [-0.25, -0.2) is 0 Å². The number of aliphatic hydroxyl groups is 2. The first-order valence-electron chi connectivity index (χ1n) is 8.90. The largest absolute Gasteiger partial charge is 0.394 e. The van der Waals surface area contributed by atoms with E-state index in [4.69, 9.17) is 42.1 Å². The van der Waals surface area contributed by atoms with Crippen LogP contribution in [0.1, 0.15) is 11.1 Å². The lowest BCUT2D eigenvalue weighted by molar-refractivity contribution is -0.399. The molecule has 0 amide bonds. The number of fused-ring (bicyclic) bond motifs is 1. The molecule has 0 spiro atoms. The molecule has 2 fully saturated rings. The second kappa shape index (κ2) is 7.89. The quantitative estimate of drug-likeness (QED) is 0.731. The van der Waals surface area contributed by atoms with Gasteiger partial charge in [-0.05, 0) is 0 Å². The molecule has 0 saturated carbocycles. The molecule has 0 bridgehead atoms. The van der Waals surface area contributed by atoms with Crippen molar-refractivity contribution >= 4 is 23.2 Å². The Morgan fingerprint density at radius 1 is 0.893 bits per heavy atom. The lowest BCUT2D eigenvalue weighted by Gasteiger charge is -2.51. The van der Waals surface area contributed by atoms with Crippen LogP contribution in [-0.4, -0.2) is 47.8 Å². The Hall–Kier alpha value is -1.22. The molecule has 2 aromatic carbocycles. The molecule has 2 heterocycles. The van der Waals surface area contributed by atoms with Crippen LogP contribution in [0.2, 0.25) is 0 Å². The third-order valence-corrected chi connectivity index (χ3v) is 5.62. The van der Waals surface area contributed by atoms with E-state index in [1.807, 2.05) is 24.3 Å². The molecular weight excluding hydrogens is 407 g/mol. The first-order chi connectivity index (χ1) is 13.5. The molecule has 8 heteroatoms. The lowest BCUT2D eigenvalue weighted by Crippen LogP contribution is -2.64. The van der Waals surface area contributed by atoms with Crippen molar-refractivity contribution in [1.29, 1.82) is 0 Å². The van der Waals surface area contributed by atoms with Crippen LogP contribution in [0, 0.1) is 0 Å². The Bertz CT molecular complexity index is 792.